The summed E-state index contributed by atoms with van der Waals surface area (Å²) in [4.78, 5) is 15.3. The summed E-state index contributed by atoms with van der Waals surface area (Å²) in [6.45, 7) is 2.81. The molecule has 6 heteroatoms. The maximum Gasteiger partial charge on any atom is 0.342 e. The maximum atomic E-state index is 12.7. The lowest BCUT2D eigenvalue weighted by Gasteiger charge is -2.44. The molecule has 6 nitrogen and oxygen atoms in total. The largest absolute Gasteiger partial charge is 0.493 e. The van der Waals surface area contributed by atoms with Crippen LogP contribution in [-0.4, -0.2) is 57.9 Å². The Morgan fingerprint density at radius 1 is 1.00 bits per heavy atom. The van der Waals surface area contributed by atoms with Gasteiger partial charge in [-0.05, 0) is 50.9 Å². The fourth-order valence-electron chi connectivity index (χ4n) is 4.29. The van der Waals surface area contributed by atoms with Crippen LogP contribution >= 0.6 is 0 Å². The van der Waals surface area contributed by atoms with Crippen molar-refractivity contribution < 1.29 is 23.7 Å². The van der Waals surface area contributed by atoms with Gasteiger partial charge in [0.05, 0.1) is 27.9 Å². The van der Waals surface area contributed by atoms with E-state index in [-0.39, 0.29) is 5.97 Å². The van der Waals surface area contributed by atoms with E-state index in [9.17, 15) is 4.79 Å². The molecular formula is C20H29NO5. The van der Waals surface area contributed by atoms with Gasteiger partial charge in [-0.3, -0.25) is 4.90 Å². The first kappa shape index (κ1) is 18.8. The van der Waals surface area contributed by atoms with Crippen molar-refractivity contribution in [3.8, 4) is 17.2 Å². The number of hydrogen-bond acceptors (Lipinski definition) is 6. The monoisotopic (exact) mass is 363 g/mol. The van der Waals surface area contributed by atoms with E-state index in [1.807, 2.05) is 0 Å². The second kappa shape index (κ2) is 8.62. The molecule has 0 aliphatic carbocycles. The van der Waals surface area contributed by atoms with E-state index < -0.39 is 0 Å². The van der Waals surface area contributed by atoms with E-state index in [1.54, 1.807) is 19.2 Å². The molecule has 0 amide bonds. The third-order valence-corrected chi connectivity index (χ3v) is 5.58. The van der Waals surface area contributed by atoms with Crippen LogP contribution in [0.5, 0.6) is 17.2 Å². The Morgan fingerprint density at radius 2 is 1.77 bits per heavy atom. The molecular weight excluding hydrogens is 334 g/mol. The molecule has 0 bridgehead atoms. The lowest BCUT2D eigenvalue weighted by Crippen LogP contribution is -2.49. The topological polar surface area (TPSA) is 57.2 Å². The third kappa shape index (κ3) is 3.75. The summed E-state index contributed by atoms with van der Waals surface area (Å²) in [6.07, 6.45) is 6.07. The Balaban J connectivity index is 1.70. The Labute approximate surface area is 155 Å². The number of fused-ring (bicyclic) bond motifs is 1. The number of carbonyl (C=O) groups is 1. The quantitative estimate of drug-likeness (QED) is 0.724. The molecule has 2 aliphatic heterocycles. The van der Waals surface area contributed by atoms with Gasteiger partial charge in [0.25, 0.3) is 0 Å². The minimum atomic E-state index is -0.379. The number of esters is 1. The zero-order chi connectivity index (χ0) is 18.5. The first-order chi connectivity index (χ1) is 12.7. The van der Waals surface area contributed by atoms with Gasteiger partial charge in [0.1, 0.15) is 5.56 Å². The van der Waals surface area contributed by atoms with Gasteiger partial charge >= 0.3 is 5.97 Å². The summed E-state index contributed by atoms with van der Waals surface area (Å²) in [5.41, 5.74) is 0.362. The Kier molecular flexibility index (Phi) is 6.25. The van der Waals surface area contributed by atoms with Crippen LogP contribution in [0.4, 0.5) is 0 Å². The zero-order valence-corrected chi connectivity index (χ0v) is 16.0. The van der Waals surface area contributed by atoms with Crippen LogP contribution < -0.4 is 14.2 Å². The van der Waals surface area contributed by atoms with Gasteiger partial charge in [0, 0.05) is 12.0 Å². The van der Waals surface area contributed by atoms with Gasteiger partial charge in [0.15, 0.2) is 11.5 Å². The van der Waals surface area contributed by atoms with Gasteiger partial charge < -0.3 is 18.9 Å². The van der Waals surface area contributed by atoms with Gasteiger partial charge in [-0.25, -0.2) is 4.79 Å². The highest BCUT2D eigenvalue weighted by Gasteiger charge is 2.34. The molecule has 1 aromatic rings. The molecule has 144 valence electrons. The lowest BCUT2D eigenvalue weighted by molar-refractivity contribution is 0.00718. The summed E-state index contributed by atoms with van der Waals surface area (Å²) >= 11 is 0. The molecule has 26 heavy (non-hydrogen) atoms. The molecule has 0 saturated carbocycles. The van der Waals surface area contributed by atoms with E-state index in [0.717, 1.165) is 6.42 Å². The van der Waals surface area contributed by atoms with Crippen LogP contribution in [0.25, 0.3) is 0 Å². The van der Waals surface area contributed by atoms with Crippen molar-refractivity contribution in [1.82, 2.24) is 4.90 Å². The minimum Gasteiger partial charge on any atom is -0.493 e. The molecule has 2 aliphatic rings. The second-order valence-electron chi connectivity index (χ2n) is 6.98. The standard InChI is InChI=1S/C20H29NO5/c1-23-17-10-9-15(18(24-2)19(17)25-3)20(22)26-13-14-7-6-12-21-11-5-4-8-16(14)21/h9-10,14,16H,4-8,11-13H2,1-3H3/t14-,16-/m1/s1. The van der Waals surface area contributed by atoms with E-state index in [0.29, 0.717) is 41.4 Å². The van der Waals surface area contributed by atoms with Crippen molar-refractivity contribution in [2.45, 2.75) is 38.1 Å². The van der Waals surface area contributed by atoms with Crippen LogP contribution in [0.2, 0.25) is 0 Å². The summed E-state index contributed by atoms with van der Waals surface area (Å²) < 4.78 is 21.7. The van der Waals surface area contributed by atoms with Crippen molar-refractivity contribution >= 4 is 5.97 Å². The first-order valence-electron chi connectivity index (χ1n) is 9.39. The molecule has 1 aromatic carbocycles. The van der Waals surface area contributed by atoms with Crippen molar-refractivity contribution in [3.63, 3.8) is 0 Å². The average molecular weight is 363 g/mol. The summed E-state index contributed by atoms with van der Waals surface area (Å²) in [5.74, 6) is 1.31. The van der Waals surface area contributed by atoms with Crippen LogP contribution in [0.1, 0.15) is 42.5 Å². The number of carbonyl (C=O) groups excluding carboxylic acids is 1. The molecule has 2 saturated heterocycles. The predicted octanol–water partition coefficient (Wildman–Crippen LogP) is 3.13. The molecule has 0 unspecified atom stereocenters. The number of ether oxygens (including phenoxy) is 4. The van der Waals surface area contributed by atoms with Crippen molar-refractivity contribution in [1.29, 1.82) is 0 Å². The highest BCUT2D eigenvalue weighted by molar-refractivity contribution is 5.94. The molecule has 2 heterocycles. The maximum absolute atomic E-state index is 12.7. The molecule has 0 N–H and O–H groups in total. The molecule has 2 fully saturated rings. The third-order valence-electron chi connectivity index (χ3n) is 5.58. The first-order valence-corrected chi connectivity index (χ1v) is 9.39. The number of rotatable bonds is 6. The number of methoxy groups -OCH3 is 3. The molecule has 3 rings (SSSR count). The van der Waals surface area contributed by atoms with Crippen LogP contribution in [0, 0.1) is 5.92 Å². The van der Waals surface area contributed by atoms with Crippen LogP contribution in [0.15, 0.2) is 12.1 Å². The summed E-state index contributed by atoms with van der Waals surface area (Å²) in [7, 11) is 4.58. The van der Waals surface area contributed by atoms with E-state index in [4.69, 9.17) is 18.9 Å². The van der Waals surface area contributed by atoms with Crippen LogP contribution in [-0.2, 0) is 4.74 Å². The Hall–Kier alpha value is -1.95. The normalized spacial score (nSPS) is 23.0. The van der Waals surface area contributed by atoms with Gasteiger partial charge in [0.2, 0.25) is 5.75 Å². The predicted molar refractivity (Wildman–Crippen MR) is 98.3 cm³/mol. The van der Waals surface area contributed by atoms with Gasteiger partial charge in [-0.15, -0.1) is 0 Å². The number of piperidine rings is 2. The molecule has 2 atom stereocenters. The zero-order valence-electron chi connectivity index (χ0n) is 16.0. The summed E-state index contributed by atoms with van der Waals surface area (Å²) in [6, 6.07) is 3.91. The summed E-state index contributed by atoms with van der Waals surface area (Å²) in [5, 5.41) is 0. The Morgan fingerprint density at radius 3 is 2.50 bits per heavy atom. The SMILES string of the molecule is COc1ccc(C(=O)OC[C@H]2CCCN3CCCC[C@H]23)c(OC)c1OC. The lowest BCUT2D eigenvalue weighted by atomic mass is 9.84. The fourth-order valence-corrected chi connectivity index (χ4v) is 4.29. The van der Waals surface area contributed by atoms with Crippen LogP contribution in [0.3, 0.4) is 0 Å². The van der Waals surface area contributed by atoms with Gasteiger partial charge in [-0.1, -0.05) is 6.42 Å². The smallest absolute Gasteiger partial charge is 0.342 e. The van der Waals surface area contributed by atoms with Crippen molar-refractivity contribution in [2.75, 3.05) is 41.0 Å². The number of benzene rings is 1. The number of hydrogen-bond donors (Lipinski definition) is 0. The van der Waals surface area contributed by atoms with Crippen molar-refractivity contribution in [2.24, 2.45) is 5.92 Å². The second-order valence-corrected chi connectivity index (χ2v) is 6.98. The minimum absolute atomic E-state index is 0.347. The Bertz CT molecular complexity index is 631. The fraction of sp³-hybridized carbons (Fsp3) is 0.650. The van der Waals surface area contributed by atoms with E-state index in [1.165, 1.54) is 53.0 Å². The van der Waals surface area contributed by atoms with Gasteiger partial charge in [-0.2, -0.15) is 0 Å². The molecule has 0 spiro atoms. The van der Waals surface area contributed by atoms with E-state index >= 15 is 0 Å². The highest BCUT2D eigenvalue weighted by Crippen LogP contribution is 2.40. The number of nitrogens with zero attached hydrogens (tertiary/aromatic N) is 1. The van der Waals surface area contributed by atoms with Crippen molar-refractivity contribution in [3.05, 3.63) is 17.7 Å². The highest BCUT2D eigenvalue weighted by atomic mass is 16.5. The molecule has 0 radical (unpaired) electrons. The van der Waals surface area contributed by atoms with E-state index in [2.05, 4.69) is 4.90 Å². The average Bonchev–Trinajstić information content (AvgIpc) is 2.70. The molecule has 0 aromatic heterocycles.